The number of ketones is 1. The minimum atomic E-state index is -0.0844. The fourth-order valence-electron chi connectivity index (χ4n) is 3.92. The largest absolute Gasteiger partial charge is 0.317 e. The Bertz CT molecular complexity index is 679. The standard InChI is InChI=1S/C19H28N6O/c1-3-4-16(13(2)26)17(19-22-24-25-23-19)11-14-5-6-18(21-12-14)15-7-9-20-10-8-15/h5-6,12,15-17,20H,3-4,7-11H2,1-2H3,(H,22,23,24,25)/t16-,17+/m1/s1. The molecule has 3 heterocycles. The van der Waals surface area contributed by atoms with Crippen molar-refractivity contribution in [3.8, 4) is 0 Å². The summed E-state index contributed by atoms with van der Waals surface area (Å²) in [5.41, 5.74) is 2.29. The van der Waals surface area contributed by atoms with Gasteiger partial charge in [0.05, 0.1) is 0 Å². The highest BCUT2D eigenvalue weighted by Gasteiger charge is 2.29. The van der Waals surface area contributed by atoms with Gasteiger partial charge in [0.2, 0.25) is 0 Å². The maximum Gasteiger partial charge on any atom is 0.152 e. The van der Waals surface area contributed by atoms with Gasteiger partial charge in [-0.05, 0) is 67.8 Å². The van der Waals surface area contributed by atoms with Gasteiger partial charge in [-0.2, -0.15) is 0 Å². The molecule has 0 radical (unpaired) electrons. The predicted octanol–water partition coefficient (Wildman–Crippen LogP) is 2.39. The van der Waals surface area contributed by atoms with E-state index < -0.39 is 0 Å². The Balaban J connectivity index is 1.77. The number of hydrogen-bond acceptors (Lipinski definition) is 6. The fraction of sp³-hybridized carbons (Fsp3) is 0.632. The molecule has 1 aliphatic rings. The molecule has 3 rings (SSSR count). The smallest absolute Gasteiger partial charge is 0.152 e. The number of nitrogens with one attached hydrogen (secondary N) is 2. The Morgan fingerprint density at radius 1 is 1.31 bits per heavy atom. The number of aromatic nitrogens is 5. The van der Waals surface area contributed by atoms with E-state index in [1.807, 2.05) is 6.20 Å². The summed E-state index contributed by atoms with van der Waals surface area (Å²) < 4.78 is 0. The number of nitrogens with zero attached hydrogens (tertiary/aromatic N) is 4. The summed E-state index contributed by atoms with van der Waals surface area (Å²) in [6.07, 6.45) is 6.73. The van der Waals surface area contributed by atoms with Gasteiger partial charge >= 0.3 is 0 Å². The maximum atomic E-state index is 12.2. The van der Waals surface area contributed by atoms with E-state index in [4.69, 9.17) is 4.98 Å². The molecular formula is C19H28N6O. The number of piperidine rings is 1. The van der Waals surface area contributed by atoms with Crippen molar-refractivity contribution in [3.05, 3.63) is 35.4 Å². The number of tetrazole rings is 1. The summed E-state index contributed by atoms with van der Waals surface area (Å²) in [5.74, 6) is 1.28. The first-order valence-electron chi connectivity index (χ1n) is 9.58. The van der Waals surface area contributed by atoms with E-state index in [1.54, 1.807) is 6.92 Å². The van der Waals surface area contributed by atoms with Gasteiger partial charge in [0.1, 0.15) is 5.78 Å². The van der Waals surface area contributed by atoms with Gasteiger partial charge in [0.15, 0.2) is 5.82 Å². The third kappa shape index (κ3) is 4.52. The monoisotopic (exact) mass is 356 g/mol. The predicted molar refractivity (Wildman–Crippen MR) is 98.8 cm³/mol. The molecule has 26 heavy (non-hydrogen) atoms. The third-order valence-corrected chi connectivity index (χ3v) is 5.38. The summed E-state index contributed by atoms with van der Waals surface area (Å²) in [6.45, 7) is 5.88. The lowest BCUT2D eigenvalue weighted by Gasteiger charge is -2.24. The maximum absolute atomic E-state index is 12.2. The highest BCUT2D eigenvalue weighted by atomic mass is 16.1. The van der Waals surface area contributed by atoms with Crippen LogP contribution in [0.5, 0.6) is 0 Å². The van der Waals surface area contributed by atoms with Crippen LogP contribution in [0.4, 0.5) is 0 Å². The molecule has 1 fully saturated rings. The van der Waals surface area contributed by atoms with E-state index in [9.17, 15) is 4.79 Å². The molecule has 140 valence electrons. The first-order chi connectivity index (χ1) is 12.7. The van der Waals surface area contributed by atoms with Gasteiger partial charge in [-0.1, -0.05) is 19.4 Å². The number of Topliss-reactive ketones (excluding diaryl/α,β-unsaturated/α-hetero) is 1. The zero-order valence-corrected chi connectivity index (χ0v) is 15.6. The molecule has 2 atom stereocenters. The molecule has 7 heteroatoms. The highest BCUT2D eigenvalue weighted by molar-refractivity contribution is 5.79. The number of H-pyrrole nitrogens is 1. The molecule has 0 aromatic carbocycles. The van der Waals surface area contributed by atoms with Crippen LogP contribution in [0.25, 0.3) is 0 Å². The van der Waals surface area contributed by atoms with Crippen LogP contribution in [0.2, 0.25) is 0 Å². The van der Waals surface area contributed by atoms with Crippen LogP contribution in [-0.2, 0) is 11.2 Å². The number of aromatic amines is 1. The summed E-state index contributed by atoms with van der Waals surface area (Å²) in [4.78, 5) is 16.9. The second kappa shape index (κ2) is 8.98. The lowest BCUT2D eigenvalue weighted by Crippen LogP contribution is -2.27. The van der Waals surface area contributed by atoms with Gasteiger partial charge in [-0.3, -0.25) is 9.78 Å². The molecule has 0 aliphatic carbocycles. The van der Waals surface area contributed by atoms with Crippen LogP contribution in [0.15, 0.2) is 18.3 Å². The summed E-state index contributed by atoms with van der Waals surface area (Å²) in [6, 6.07) is 4.29. The average molecular weight is 356 g/mol. The molecule has 1 aliphatic heterocycles. The van der Waals surface area contributed by atoms with Crippen molar-refractivity contribution in [2.45, 2.75) is 57.8 Å². The molecule has 1 saturated heterocycles. The number of hydrogen-bond donors (Lipinski definition) is 2. The second-order valence-corrected chi connectivity index (χ2v) is 7.22. The van der Waals surface area contributed by atoms with Crippen LogP contribution in [0, 0.1) is 5.92 Å². The highest BCUT2D eigenvalue weighted by Crippen LogP contribution is 2.31. The Labute approximate surface area is 154 Å². The lowest BCUT2D eigenvalue weighted by atomic mass is 9.81. The minimum absolute atomic E-state index is 0.0472. The third-order valence-electron chi connectivity index (χ3n) is 5.38. The molecule has 2 N–H and O–H groups in total. The SMILES string of the molecule is CCC[C@H](C(C)=O)[C@H](Cc1ccc(C2CCNCC2)nc1)c1nnn[nH]1. The van der Waals surface area contributed by atoms with Gasteiger partial charge in [-0.15, -0.1) is 5.10 Å². The molecule has 0 unspecified atom stereocenters. The normalized spacial score (nSPS) is 17.8. The van der Waals surface area contributed by atoms with E-state index in [0.717, 1.165) is 44.3 Å². The molecule has 2 aromatic rings. The molecule has 0 spiro atoms. The number of rotatable bonds is 8. The summed E-state index contributed by atoms with van der Waals surface area (Å²) >= 11 is 0. The van der Waals surface area contributed by atoms with Crippen LogP contribution in [0.3, 0.4) is 0 Å². The van der Waals surface area contributed by atoms with Crippen molar-refractivity contribution in [2.75, 3.05) is 13.1 Å². The van der Waals surface area contributed by atoms with E-state index in [-0.39, 0.29) is 17.6 Å². The van der Waals surface area contributed by atoms with Crippen molar-refractivity contribution in [1.29, 1.82) is 0 Å². The lowest BCUT2D eigenvalue weighted by molar-refractivity contribution is -0.121. The number of pyridine rings is 1. The molecule has 0 saturated carbocycles. The summed E-state index contributed by atoms with van der Waals surface area (Å²) in [7, 11) is 0. The van der Waals surface area contributed by atoms with Gasteiger partial charge in [-0.25, -0.2) is 5.10 Å². The van der Waals surface area contributed by atoms with E-state index in [0.29, 0.717) is 18.2 Å². The minimum Gasteiger partial charge on any atom is -0.317 e. The zero-order chi connectivity index (χ0) is 18.4. The summed E-state index contributed by atoms with van der Waals surface area (Å²) in [5, 5.41) is 17.8. The van der Waals surface area contributed by atoms with Crippen molar-refractivity contribution < 1.29 is 4.79 Å². The van der Waals surface area contributed by atoms with Crippen molar-refractivity contribution >= 4 is 5.78 Å². The van der Waals surface area contributed by atoms with Crippen LogP contribution in [0.1, 0.15) is 68.4 Å². The van der Waals surface area contributed by atoms with Crippen LogP contribution >= 0.6 is 0 Å². The van der Waals surface area contributed by atoms with Crippen molar-refractivity contribution in [1.82, 2.24) is 30.9 Å². The Hall–Kier alpha value is -2.15. The average Bonchev–Trinajstić information content (AvgIpc) is 3.20. The number of carbonyl (C=O) groups excluding carboxylic acids is 1. The van der Waals surface area contributed by atoms with Gasteiger partial charge in [0, 0.05) is 29.6 Å². The molecular weight excluding hydrogens is 328 g/mol. The zero-order valence-electron chi connectivity index (χ0n) is 15.6. The molecule has 7 nitrogen and oxygen atoms in total. The molecule has 2 aromatic heterocycles. The Morgan fingerprint density at radius 3 is 2.69 bits per heavy atom. The van der Waals surface area contributed by atoms with E-state index >= 15 is 0 Å². The molecule has 0 bridgehead atoms. The van der Waals surface area contributed by atoms with Gasteiger partial charge < -0.3 is 5.32 Å². The quantitative estimate of drug-likeness (QED) is 0.754. The Kier molecular flexibility index (Phi) is 6.44. The Morgan fingerprint density at radius 2 is 2.12 bits per heavy atom. The van der Waals surface area contributed by atoms with Gasteiger partial charge in [0.25, 0.3) is 0 Å². The molecule has 0 amide bonds. The second-order valence-electron chi connectivity index (χ2n) is 7.22. The first-order valence-corrected chi connectivity index (χ1v) is 9.58. The number of carbonyl (C=O) groups is 1. The van der Waals surface area contributed by atoms with Crippen LogP contribution < -0.4 is 5.32 Å². The van der Waals surface area contributed by atoms with Crippen molar-refractivity contribution in [3.63, 3.8) is 0 Å². The van der Waals surface area contributed by atoms with E-state index in [2.05, 4.69) is 45.0 Å². The van der Waals surface area contributed by atoms with E-state index in [1.165, 1.54) is 5.69 Å². The van der Waals surface area contributed by atoms with Crippen LogP contribution in [-0.4, -0.2) is 44.5 Å². The first kappa shape index (κ1) is 18.6. The fourth-order valence-corrected chi connectivity index (χ4v) is 3.92. The van der Waals surface area contributed by atoms with Crippen molar-refractivity contribution in [2.24, 2.45) is 5.92 Å². The topological polar surface area (TPSA) is 96.5 Å².